The molecule has 0 unspecified atom stereocenters. The van der Waals surface area contributed by atoms with Gasteiger partial charge in [0.2, 0.25) is 5.88 Å². The predicted octanol–water partition coefficient (Wildman–Crippen LogP) is 4.20. The summed E-state index contributed by atoms with van der Waals surface area (Å²) in [5.74, 6) is 0.481. The third-order valence-corrected chi connectivity index (χ3v) is 5.71. The van der Waals surface area contributed by atoms with Crippen LogP contribution in [0.2, 0.25) is 0 Å². The number of ether oxygens (including phenoxy) is 1. The fourth-order valence-electron chi connectivity index (χ4n) is 4.05. The average Bonchev–Trinajstić information content (AvgIpc) is 3.18. The molecule has 3 aromatic heterocycles. The second-order valence-corrected chi connectivity index (χ2v) is 9.61. The Hall–Kier alpha value is -3.03. The minimum atomic E-state index is -0.0139. The largest absolute Gasteiger partial charge is 0.506 e. The molecule has 3 aromatic rings. The van der Waals surface area contributed by atoms with Crippen molar-refractivity contribution in [2.75, 3.05) is 0 Å². The molecular formula is C22H28N6O2. The molecule has 1 aliphatic rings. The Morgan fingerprint density at radius 1 is 1.00 bits per heavy atom. The summed E-state index contributed by atoms with van der Waals surface area (Å²) in [6, 6.07) is 5.10. The van der Waals surface area contributed by atoms with E-state index in [9.17, 15) is 5.11 Å². The van der Waals surface area contributed by atoms with Crippen LogP contribution in [0.3, 0.4) is 0 Å². The molecule has 158 valence electrons. The van der Waals surface area contributed by atoms with Crippen LogP contribution in [0.5, 0.6) is 11.6 Å². The van der Waals surface area contributed by atoms with E-state index >= 15 is 0 Å². The van der Waals surface area contributed by atoms with Crippen molar-refractivity contribution < 1.29 is 9.84 Å². The summed E-state index contributed by atoms with van der Waals surface area (Å²) >= 11 is 0. The lowest BCUT2D eigenvalue weighted by atomic mass is 9.81. The van der Waals surface area contributed by atoms with Gasteiger partial charge in [-0.15, -0.1) is 15.0 Å². The van der Waals surface area contributed by atoms with Crippen LogP contribution >= 0.6 is 0 Å². The number of pyridine rings is 1. The molecule has 0 radical (unpaired) electrons. The van der Waals surface area contributed by atoms with Gasteiger partial charge in [-0.2, -0.15) is 10.2 Å². The van der Waals surface area contributed by atoms with E-state index in [4.69, 9.17) is 4.74 Å². The van der Waals surface area contributed by atoms with Gasteiger partial charge < -0.3 is 9.84 Å². The van der Waals surface area contributed by atoms with Crippen molar-refractivity contribution in [1.82, 2.24) is 30.2 Å². The number of hydrogen-bond donors (Lipinski definition) is 1. The van der Waals surface area contributed by atoms with E-state index < -0.39 is 0 Å². The van der Waals surface area contributed by atoms with Gasteiger partial charge in [-0.1, -0.05) is 27.7 Å². The fraction of sp³-hybridized carbons (Fsp3) is 0.500. The molecule has 1 N–H and O–H groups in total. The van der Waals surface area contributed by atoms with Crippen molar-refractivity contribution in [2.24, 2.45) is 10.8 Å². The van der Waals surface area contributed by atoms with Crippen molar-refractivity contribution >= 4 is 0 Å². The summed E-state index contributed by atoms with van der Waals surface area (Å²) in [6.45, 7) is 9.21. The number of hydrogen-bond acceptors (Lipinski definition) is 7. The van der Waals surface area contributed by atoms with Gasteiger partial charge in [-0.05, 0) is 42.6 Å². The Morgan fingerprint density at radius 2 is 1.67 bits per heavy atom. The molecule has 0 saturated heterocycles. The van der Waals surface area contributed by atoms with Crippen molar-refractivity contribution in [1.29, 1.82) is 0 Å². The second kappa shape index (κ2) is 7.66. The molecule has 4 rings (SSSR count). The SMILES string of the molecule is CC1(C)CCC(C)(C)CC(Oc2ccc(-c3ncc(-n4nccn4)cc3O)nn2)C1. The van der Waals surface area contributed by atoms with E-state index in [-0.39, 0.29) is 22.7 Å². The molecule has 1 fully saturated rings. The van der Waals surface area contributed by atoms with Gasteiger partial charge in [0.15, 0.2) is 0 Å². The quantitative estimate of drug-likeness (QED) is 0.646. The van der Waals surface area contributed by atoms with Gasteiger partial charge >= 0.3 is 0 Å². The van der Waals surface area contributed by atoms with Gasteiger partial charge in [-0.3, -0.25) is 0 Å². The third-order valence-electron chi connectivity index (χ3n) is 5.71. The van der Waals surface area contributed by atoms with Gasteiger partial charge in [-0.25, -0.2) is 4.98 Å². The highest BCUT2D eigenvalue weighted by molar-refractivity contribution is 5.63. The zero-order chi connectivity index (χ0) is 21.4. The predicted molar refractivity (Wildman–Crippen MR) is 112 cm³/mol. The molecule has 1 aliphatic carbocycles. The number of aromatic nitrogens is 6. The van der Waals surface area contributed by atoms with Crippen LogP contribution in [-0.2, 0) is 0 Å². The van der Waals surface area contributed by atoms with Crippen LogP contribution in [-0.4, -0.2) is 41.4 Å². The Labute approximate surface area is 176 Å². The lowest BCUT2D eigenvalue weighted by molar-refractivity contribution is 0.113. The monoisotopic (exact) mass is 408 g/mol. The van der Waals surface area contributed by atoms with E-state index in [1.165, 1.54) is 17.6 Å². The molecule has 0 atom stereocenters. The molecule has 0 spiro atoms. The van der Waals surface area contributed by atoms with Crippen LogP contribution < -0.4 is 4.74 Å². The van der Waals surface area contributed by atoms with Crippen LogP contribution in [0.4, 0.5) is 0 Å². The Balaban J connectivity index is 1.50. The molecule has 0 bridgehead atoms. The zero-order valence-electron chi connectivity index (χ0n) is 17.9. The van der Waals surface area contributed by atoms with Crippen molar-refractivity contribution in [3.63, 3.8) is 0 Å². The van der Waals surface area contributed by atoms with Gasteiger partial charge in [0.25, 0.3) is 0 Å². The molecule has 8 nitrogen and oxygen atoms in total. The second-order valence-electron chi connectivity index (χ2n) is 9.61. The summed E-state index contributed by atoms with van der Waals surface area (Å²) in [6.07, 6.45) is 9.17. The topological polar surface area (TPSA) is 98.8 Å². The standard InChI is InChI=1S/C22H28N6O2/c1-21(2)7-8-22(3,4)13-16(12-21)30-19-6-5-17(26-27-19)20-18(29)11-15(14-23-20)28-24-9-10-25-28/h5-6,9-11,14,16,29H,7-8,12-13H2,1-4H3. The van der Waals surface area contributed by atoms with E-state index in [0.29, 0.717) is 23.0 Å². The first kappa shape index (κ1) is 20.3. The molecular weight excluding hydrogens is 380 g/mol. The fourth-order valence-corrected chi connectivity index (χ4v) is 4.05. The molecule has 30 heavy (non-hydrogen) atoms. The lowest BCUT2D eigenvalue weighted by Gasteiger charge is -2.27. The van der Waals surface area contributed by atoms with Gasteiger partial charge in [0, 0.05) is 12.1 Å². The van der Waals surface area contributed by atoms with Crippen molar-refractivity contribution in [2.45, 2.75) is 59.5 Å². The molecule has 0 amide bonds. The summed E-state index contributed by atoms with van der Waals surface area (Å²) < 4.78 is 6.22. The first-order valence-corrected chi connectivity index (χ1v) is 10.3. The normalized spacial score (nSPS) is 18.7. The number of rotatable bonds is 4. The van der Waals surface area contributed by atoms with E-state index in [1.54, 1.807) is 36.8 Å². The van der Waals surface area contributed by atoms with Crippen molar-refractivity contribution in [3.05, 3.63) is 36.8 Å². The lowest BCUT2D eigenvalue weighted by Crippen LogP contribution is -2.26. The highest BCUT2D eigenvalue weighted by Crippen LogP contribution is 2.43. The molecule has 8 heteroatoms. The molecule has 0 aromatic carbocycles. The average molecular weight is 409 g/mol. The van der Waals surface area contributed by atoms with E-state index in [2.05, 4.69) is 53.1 Å². The summed E-state index contributed by atoms with van der Waals surface area (Å²) in [7, 11) is 0. The van der Waals surface area contributed by atoms with Crippen LogP contribution in [0.1, 0.15) is 53.4 Å². The van der Waals surface area contributed by atoms with Crippen molar-refractivity contribution in [3.8, 4) is 28.7 Å². The van der Waals surface area contributed by atoms with Crippen LogP contribution in [0, 0.1) is 10.8 Å². The van der Waals surface area contributed by atoms with Gasteiger partial charge in [0.1, 0.15) is 28.9 Å². The van der Waals surface area contributed by atoms with Crippen LogP contribution in [0.25, 0.3) is 17.1 Å². The maximum Gasteiger partial charge on any atom is 0.233 e. The van der Waals surface area contributed by atoms with E-state index in [0.717, 1.165) is 12.8 Å². The number of aromatic hydroxyl groups is 1. The molecule has 3 heterocycles. The highest BCUT2D eigenvalue weighted by Gasteiger charge is 2.35. The Kier molecular flexibility index (Phi) is 5.17. The Bertz CT molecular complexity index is 981. The smallest absolute Gasteiger partial charge is 0.233 e. The zero-order valence-corrected chi connectivity index (χ0v) is 17.9. The summed E-state index contributed by atoms with van der Waals surface area (Å²) in [5, 5.41) is 26.9. The maximum atomic E-state index is 10.4. The molecule has 1 saturated carbocycles. The van der Waals surface area contributed by atoms with E-state index in [1.807, 2.05) is 0 Å². The van der Waals surface area contributed by atoms with Gasteiger partial charge in [0.05, 0.1) is 18.6 Å². The third kappa shape index (κ3) is 4.58. The number of nitrogens with zero attached hydrogens (tertiary/aromatic N) is 6. The summed E-state index contributed by atoms with van der Waals surface area (Å²) in [4.78, 5) is 5.69. The summed E-state index contributed by atoms with van der Waals surface area (Å²) in [5.41, 5.74) is 1.87. The first-order valence-electron chi connectivity index (χ1n) is 10.3. The first-order chi connectivity index (χ1) is 14.2. The Morgan fingerprint density at radius 3 is 2.23 bits per heavy atom. The minimum Gasteiger partial charge on any atom is -0.506 e. The van der Waals surface area contributed by atoms with Crippen LogP contribution in [0.15, 0.2) is 36.8 Å². The highest BCUT2D eigenvalue weighted by atomic mass is 16.5. The maximum absolute atomic E-state index is 10.4. The minimum absolute atomic E-state index is 0.0139. The molecule has 0 aliphatic heterocycles.